The molecule has 0 aliphatic heterocycles. The molecule has 0 spiro atoms. The summed E-state index contributed by atoms with van der Waals surface area (Å²) >= 11 is 0. The first-order chi connectivity index (χ1) is 9.31. The first kappa shape index (κ1) is 11.5. The van der Waals surface area contributed by atoms with Crippen molar-refractivity contribution >= 4 is 5.78 Å². The fraction of sp³-hybridized carbons (Fsp3) is 0.588. The lowest BCUT2D eigenvalue weighted by Gasteiger charge is -2.11. The molecule has 4 rings (SSSR count). The molecule has 0 heterocycles. The van der Waals surface area contributed by atoms with Gasteiger partial charge in [0.05, 0.1) is 12.2 Å². The van der Waals surface area contributed by atoms with E-state index in [0.29, 0.717) is 30.1 Å². The predicted octanol–water partition coefficient (Wildman–Crippen LogP) is 3.56. The number of rotatable bonds is 4. The number of carbonyl (C=O) groups is 1. The number of para-hydroxylation sites is 1. The lowest BCUT2D eigenvalue weighted by atomic mass is 9.96. The lowest BCUT2D eigenvalue weighted by molar-refractivity contribution is 0.0940. The Morgan fingerprint density at radius 1 is 1.21 bits per heavy atom. The van der Waals surface area contributed by atoms with E-state index in [1.165, 1.54) is 19.3 Å². The fourth-order valence-corrected chi connectivity index (χ4v) is 4.81. The predicted molar refractivity (Wildman–Crippen MR) is 73.2 cm³/mol. The van der Waals surface area contributed by atoms with Gasteiger partial charge in [-0.25, -0.2) is 0 Å². The highest BCUT2D eigenvalue weighted by molar-refractivity contribution is 6.02. The molecule has 0 radical (unpaired) electrons. The summed E-state index contributed by atoms with van der Waals surface area (Å²) in [5.74, 6) is 4.55. The molecule has 3 saturated carbocycles. The van der Waals surface area contributed by atoms with Gasteiger partial charge in [0.25, 0.3) is 0 Å². The summed E-state index contributed by atoms with van der Waals surface area (Å²) < 4.78 is 5.61. The molecular weight excluding hydrogens is 236 g/mol. The zero-order valence-corrected chi connectivity index (χ0v) is 11.3. The van der Waals surface area contributed by atoms with Crippen LogP contribution in [0.5, 0.6) is 5.75 Å². The minimum atomic E-state index is 0.313. The van der Waals surface area contributed by atoms with Gasteiger partial charge in [-0.1, -0.05) is 12.1 Å². The SMILES string of the molecule is CCOc1ccccc1C(=O)C1C2C3CCC(C3)C12. The van der Waals surface area contributed by atoms with Gasteiger partial charge in [0.15, 0.2) is 5.78 Å². The van der Waals surface area contributed by atoms with Crippen LogP contribution >= 0.6 is 0 Å². The van der Waals surface area contributed by atoms with Crippen molar-refractivity contribution in [1.29, 1.82) is 0 Å². The highest BCUT2D eigenvalue weighted by Gasteiger charge is 2.67. The monoisotopic (exact) mass is 256 g/mol. The number of Topliss-reactive ketones (excluding diaryl/α,β-unsaturated/α-hetero) is 1. The number of benzene rings is 1. The van der Waals surface area contributed by atoms with Gasteiger partial charge in [0, 0.05) is 5.92 Å². The molecule has 0 N–H and O–H groups in total. The van der Waals surface area contributed by atoms with E-state index in [4.69, 9.17) is 4.74 Å². The second-order valence-electron chi connectivity index (χ2n) is 6.31. The summed E-state index contributed by atoms with van der Waals surface area (Å²) in [5.41, 5.74) is 0.808. The molecule has 2 heteroatoms. The quantitative estimate of drug-likeness (QED) is 0.770. The van der Waals surface area contributed by atoms with Gasteiger partial charge < -0.3 is 4.74 Å². The molecule has 1 aromatic rings. The van der Waals surface area contributed by atoms with Crippen LogP contribution in [-0.2, 0) is 0 Å². The van der Waals surface area contributed by atoms with Gasteiger partial charge in [-0.05, 0) is 62.0 Å². The average molecular weight is 256 g/mol. The van der Waals surface area contributed by atoms with Crippen molar-refractivity contribution < 1.29 is 9.53 Å². The molecule has 19 heavy (non-hydrogen) atoms. The number of ketones is 1. The van der Waals surface area contributed by atoms with E-state index in [1.807, 2.05) is 31.2 Å². The maximum Gasteiger partial charge on any atom is 0.170 e. The summed E-state index contributed by atoms with van der Waals surface area (Å²) in [5, 5.41) is 0. The topological polar surface area (TPSA) is 26.3 Å². The van der Waals surface area contributed by atoms with Gasteiger partial charge >= 0.3 is 0 Å². The second-order valence-corrected chi connectivity index (χ2v) is 6.31. The van der Waals surface area contributed by atoms with E-state index in [-0.39, 0.29) is 0 Å². The largest absolute Gasteiger partial charge is 0.493 e. The highest BCUT2D eigenvalue weighted by atomic mass is 16.5. The van der Waals surface area contributed by atoms with Crippen LogP contribution in [0.2, 0.25) is 0 Å². The smallest absolute Gasteiger partial charge is 0.170 e. The van der Waals surface area contributed by atoms with Gasteiger partial charge in [-0.2, -0.15) is 0 Å². The van der Waals surface area contributed by atoms with Gasteiger partial charge in [-0.15, -0.1) is 0 Å². The highest BCUT2D eigenvalue weighted by Crippen LogP contribution is 2.70. The van der Waals surface area contributed by atoms with Crippen molar-refractivity contribution in [2.75, 3.05) is 6.61 Å². The van der Waals surface area contributed by atoms with Gasteiger partial charge in [0.2, 0.25) is 0 Å². The van der Waals surface area contributed by atoms with Crippen molar-refractivity contribution in [2.45, 2.75) is 26.2 Å². The Balaban J connectivity index is 1.59. The molecule has 1 aromatic carbocycles. The van der Waals surface area contributed by atoms with Gasteiger partial charge in [-0.3, -0.25) is 4.79 Å². The molecule has 0 amide bonds. The van der Waals surface area contributed by atoms with Crippen LogP contribution in [0.3, 0.4) is 0 Å². The third-order valence-electron chi connectivity index (χ3n) is 5.49. The molecule has 3 aliphatic carbocycles. The number of hydrogen-bond donors (Lipinski definition) is 0. The number of carbonyl (C=O) groups excluding carboxylic acids is 1. The molecule has 0 saturated heterocycles. The Bertz CT molecular complexity index is 506. The number of ether oxygens (including phenoxy) is 1. The van der Waals surface area contributed by atoms with Crippen molar-refractivity contribution in [3.63, 3.8) is 0 Å². The molecule has 4 unspecified atom stereocenters. The van der Waals surface area contributed by atoms with E-state index in [9.17, 15) is 4.79 Å². The van der Waals surface area contributed by atoms with E-state index in [2.05, 4.69) is 0 Å². The second kappa shape index (κ2) is 4.09. The Morgan fingerprint density at radius 2 is 1.89 bits per heavy atom. The molecule has 2 nitrogen and oxygen atoms in total. The summed E-state index contributed by atoms with van der Waals surface area (Å²) in [6.45, 7) is 2.58. The molecule has 100 valence electrons. The molecule has 3 aliphatic rings. The maximum absolute atomic E-state index is 12.8. The molecule has 4 atom stereocenters. The van der Waals surface area contributed by atoms with Gasteiger partial charge in [0.1, 0.15) is 5.75 Å². The fourth-order valence-electron chi connectivity index (χ4n) is 4.81. The number of hydrogen-bond acceptors (Lipinski definition) is 2. The summed E-state index contributed by atoms with van der Waals surface area (Å²) in [7, 11) is 0. The van der Waals surface area contributed by atoms with Crippen molar-refractivity contribution in [1.82, 2.24) is 0 Å². The maximum atomic E-state index is 12.8. The molecular formula is C17H20O2. The molecule has 0 aromatic heterocycles. The minimum Gasteiger partial charge on any atom is -0.493 e. The zero-order valence-electron chi connectivity index (χ0n) is 11.3. The van der Waals surface area contributed by atoms with Crippen molar-refractivity contribution in [3.05, 3.63) is 29.8 Å². The van der Waals surface area contributed by atoms with E-state index >= 15 is 0 Å². The Morgan fingerprint density at radius 3 is 2.58 bits per heavy atom. The van der Waals surface area contributed by atoms with E-state index < -0.39 is 0 Å². The Labute approximate surface area is 114 Å². The minimum absolute atomic E-state index is 0.313. The van der Waals surface area contributed by atoms with Crippen LogP contribution in [-0.4, -0.2) is 12.4 Å². The van der Waals surface area contributed by atoms with Crippen molar-refractivity contribution in [2.24, 2.45) is 29.6 Å². The normalized spacial score (nSPS) is 38.1. The van der Waals surface area contributed by atoms with E-state index in [1.54, 1.807) is 0 Å². The third-order valence-corrected chi connectivity index (χ3v) is 5.49. The Hall–Kier alpha value is -1.31. The van der Waals surface area contributed by atoms with Crippen LogP contribution in [0.1, 0.15) is 36.5 Å². The van der Waals surface area contributed by atoms with E-state index in [0.717, 1.165) is 23.1 Å². The molecule has 2 bridgehead atoms. The average Bonchev–Trinajstić information content (AvgIpc) is 2.87. The van der Waals surface area contributed by atoms with Crippen LogP contribution in [0, 0.1) is 29.6 Å². The van der Waals surface area contributed by atoms with Crippen molar-refractivity contribution in [3.8, 4) is 5.75 Å². The van der Waals surface area contributed by atoms with Crippen LogP contribution in [0.25, 0.3) is 0 Å². The third kappa shape index (κ3) is 1.58. The number of fused-ring (bicyclic) bond motifs is 5. The summed E-state index contributed by atoms with van der Waals surface area (Å²) in [6, 6.07) is 7.74. The molecule has 3 fully saturated rings. The zero-order chi connectivity index (χ0) is 13.0. The Kier molecular flexibility index (Phi) is 2.48. The van der Waals surface area contributed by atoms with Crippen LogP contribution in [0.15, 0.2) is 24.3 Å². The summed E-state index contributed by atoms with van der Waals surface area (Å²) in [6.07, 6.45) is 4.12. The first-order valence-electron chi connectivity index (χ1n) is 7.57. The van der Waals surface area contributed by atoms with Crippen LogP contribution in [0.4, 0.5) is 0 Å². The summed E-state index contributed by atoms with van der Waals surface area (Å²) in [4.78, 5) is 12.8. The van der Waals surface area contributed by atoms with Crippen LogP contribution < -0.4 is 4.74 Å². The first-order valence-corrected chi connectivity index (χ1v) is 7.57. The lowest BCUT2D eigenvalue weighted by Crippen LogP contribution is -2.11. The standard InChI is InChI=1S/C17H20O2/c1-2-19-13-6-4-3-5-12(13)17(18)16-14-10-7-8-11(9-10)15(14)16/h3-6,10-11,14-16H,2,7-9H2,1H3.